The molecule has 6 heteroatoms. The molecule has 0 radical (unpaired) electrons. The normalized spacial score (nSPS) is 33.7. The van der Waals surface area contributed by atoms with E-state index in [0.29, 0.717) is 12.8 Å². The van der Waals surface area contributed by atoms with E-state index in [2.05, 4.69) is 5.32 Å². The van der Waals surface area contributed by atoms with Gasteiger partial charge in [0.1, 0.15) is 6.04 Å². The minimum Gasteiger partial charge on any atom is -0.480 e. The molecule has 0 aromatic rings. The van der Waals surface area contributed by atoms with E-state index < -0.39 is 12.0 Å². The van der Waals surface area contributed by atoms with Gasteiger partial charge < -0.3 is 10.0 Å². The smallest absolute Gasteiger partial charge is 0.321 e. The summed E-state index contributed by atoms with van der Waals surface area (Å²) >= 11 is 0. The molecule has 3 unspecified atom stereocenters. The summed E-state index contributed by atoms with van der Waals surface area (Å²) in [7, 11) is 0. The molecule has 1 amide bonds. The largest absolute Gasteiger partial charge is 0.480 e. The van der Waals surface area contributed by atoms with Crippen LogP contribution in [0.25, 0.3) is 0 Å². The van der Waals surface area contributed by atoms with E-state index in [0.717, 1.165) is 0 Å². The van der Waals surface area contributed by atoms with Gasteiger partial charge in [0, 0.05) is 0 Å². The van der Waals surface area contributed by atoms with Gasteiger partial charge in [-0.05, 0) is 19.8 Å². The van der Waals surface area contributed by atoms with E-state index in [1.807, 2.05) is 0 Å². The number of amides is 1. The van der Waals surface area contributed by atoms with Crippen molar-refractivity contribution in [1.82, 2.24) is 10.2 Å². The van der Waals surface area contributed by atoms with Crippen LogP contribution in [-0.2, 0) is 14.4 Å². The summed E-state index contributed by atoms with van der Waals surface area (Å²) in [5.74, 6) is -1.29. The molecule has 0 spiro atoms. The van der Waals surface area contributed by atoms with E-state index in [-0.39, 0.29) is 30.3 Å². The Morgan fingerprint density at radius 2 is 2.12 bits per heavy atom. The van der Waals surface area contributed by atoms with Crippen molar-refractivity contribution < 1.29 is 19.5 Å². The molecule has 2 N–H and O–H groups in total. The topological polar surface area (TPSA) is 86.7 Å². The number of nitrogens with zero attached hydrogens (tertiary/aromatic N) is 1. The summed E-state index contributed by atoms with van der Waals surface area (Å²) in [6.07, 6.45) is 0.886. The van der Waals surface area contributed by atoms with Crippen molar-refractivity contribution in [3.63, 3.8) is 0 Å². The van der Waals surface area contributed by atoms with Crippen LogP contribution < -0.4 is 5.32 Å². The number of carboxylic acids is 1. The minimum atomic E-state index is -1.01. The van der Waals surface area contributed by atoms with Gasteiger partial charge in [0.05, 0.1) is 18.6 Å². The lowest BCUT2D eigenvalue weighted by Gasteiger charge is -2.36. The van der Waals surface area contributed by atoms with Crippen LogP contribution in [0.2, 0.25) is 0 Å². The maximum atomic E-state index is 11.8. The first kappa shape index (κ1) is 11.1. The molecule has 0 aromatic heterocycles. The van der Waals surface area contributed by atoms with Gasteiger partial charge in [-0.1, -0.05) is 0 Å². The SMILES string of the molecule is CC(=O)C1CCC2NC(C(=O)O)CC(=O)N21. The summed E-state index contributed by atoms with van der Waals surface area (Å²) in [6.45, 7) is 1.46. The number of ketones is 1. The second-order valence-electron chi connectivity index (χ2n) is 4.28. The molecule has 2 saturated heterocycles. The fourth-order valence-corrected chi connectivity index (χ4v) is 2.45. The van der Waals surface area contributed by atoms with Crippen molar-refractivity contribution in [2.24, 2.45) is 0 Å². The fraction of sp³-hybridized carbons (Fsp3) is 0.700. The molecule has 2 rings (SSSR count). The first-order chi connectivity index (χ1) is 7.50. The Labute approximate surface area is 92.6 Å². The number of hydrogen-bond acceptors (Lipinski definition) is 4. The lowest BCUT2D eigenvalue weighted by atomic mass is 10.1. The average Bonchev–Trinajstić information content (AvgIpc) is 2.61. The third kappa shape index (κ3) is 1.69. The van der Waals surface area contributed by atoms with Crippen molar-refractivity contribution >= 4 is 17.7 Å². The van der Waals surface area contributed by atoms with Crippen LogP contribution in [0.1, 0.15) is 26.2 Å². The van der Waals surface area contributed by atoms with Crippen LogP contribution in [0.15, 0.2) is 0 Å². The Bertz CT molecular complexity index is 355. The number of carboxylic acid groups (broad SMARTS) is 1. The maximum Gasteiger partial charge on any atom is 0.321 e. The quantitative estimate of drug-likeness (QED) is 0.652. The number of carbonyl (C=O) groups excluding carboxylic acids is 2. The molecule has 16 heavy (non-hydrogen) atoms. The molecule has 0 saturated carbocycles. The van der Waals surface area contributed by atoms with Crippen LogP contribution in [-0.4, -0.2) is 45.9 Å². The predicted molar refractivity (Wildman–Crippen MR) is 53.5 cm³/mol. The fourth-order valence-electron chi connectivity index (χ4n) is 2.45. The highest BCUT2D eigenvalue weighted by Crippen LogP contribution is 2.28. The Morgan fingerprint density at radius 3 is 2.69 bits per heavy atom. The summed E-state index contributed by atoms with van der Waals surface area (Å²) in [6, 6.07) is -1.20. The number of rotatable bonds is 2. The number of fused-ring (bicyclic) bond motifs is 1. The molecule has 0 aromatic carbocycles. The summed E-state index contributed by atoms with van der Waals surface area (Å²) < 4.78 is 0. The van der Waals surface area contributed by atoms with Crippen molar-refractivity contribution in [2.45, 2.75) is 44.4 Å². The van der Waals surface area contributed by atoms with Crippen molar-refractivity contribution in [2.75, 3.05) is 0 Å². The standard InChI is InChI=1S/C10H14N2O4/c1-5(13)7-2-3-8-11-6(10(15)16)4-9(14)12(7)8/h6-8,11H,2-4H2,1H3,(H,15,16). The van der Waals surface area contributed by atoms with E-state index in [1.54, 1.807) is 0 Å². The van der Waals surface area contributed by atoms with Crippen LogP contribution in [0.3, 0.4) is 0 Å². The van der Waals surface area contributed by atoms with Crippen molar-refractivity contribution in [1.29, 1.82) is 0 Å². The molecule has 2 heterocycles. The van der Waals surface area contributed by atoms with Crippen LogP contribution in [0.5, 0.6) is 0 Å². The van der Waals surface area contributed by atoms with E-state index in [1.165, 1.54) is 11.8 Å². The molecule has 3 atom stereocenters. The zero-order valence-corrected chi connectivity index (χ0v) is 8.97. The van der Waals surface area contributed by atoms with E-state index in [9.17, 15) is 14.4 Å². The Balaban J connectivity index is 2.16. The highest BCUT2D eigenvalue weighted by atomic mass is 16.4. The third-order valence-corrected chi connectivity index (χ3v) is 3.21. The van der Waals surface area contributed by atoms with Crippen LogP contribution >= 0.6 is 0 Å². The monoisotopic (exact) mass is 226 g/mol. The van der Waals surface area contributed by atoms with Crippen molar-refractivity contribution in [3.8, 4) is 0 Å². The van der Waals surface area contributed by atoms with Gasteiger partial charge in [-0.2, -0.15) is 0 Å². The molecule has 2 fully saturated rings. The molecule has 2 aliphatic heterocycles. The number of hydrogen-bond donors (Lipinski definition) is 2. The summed E-state index contributed by atoms with van der Waals surface area (Å²) in [4.78, 5) is 35.4. The number of nitrogens with one attached hydrogen (secondary N) is 1. The molecule has 6 nitrogen and oxygen atoms in total. The minimum absolute atomic E-state index is 0.0357. The molecule has 0 aliphatic carbocycles. The number of carbonyl (C=O) groups is 3. The number of Topliss-reactive ketones (excluding diaryl/α,β-unsaturated/α-hetero) is 1. The molecule has 0 bridgehead atoms. The lowest BCUT2D eigenvalue weighted by Crippen LogP contribution is -2.60. The molecular formula is C10H14N2O4. The Kier molecular flexibility index (Phi) is 2.67. The predicted octanol–water partition coefficient (Wildman–Crippen LogP) is -0.661. The van der Waals surface area contributed by atoms with Gasteiger partial charge in [-0.3, -0.25) is 19.7 Å². The lowest BCUT2D eigenvalue weighted by molar-refractivity contribution is -0.151. The number of aliphatic carboxylic acids is 1. The maximum absolute atomic E-state index is 11.8. The van der Waals surface area contributed by atoms with Gasteiger partial charge in [0.2, 0.25) is 5.91 Å². The highest BCUT2D eigenvalue weighted by Gasteiger charge is 2.45. The van der Waals surface area contributed by atoms with Gasteiger partial charge in [0.25, 0.3) is 0 Å². The van der Waals surface area contributed by atoms with Crippen molar-refractivity contribution in [3.05, 3.63) is 0 Å². The van der Waals surface area contributed by atoms with E-state index in [4.69, 9.17) is 5.11 Å². The Morgan fingerprint density at radius 1 is 1.44 bits per heavy atom. The zero-order valence-electron chi connectivity index (χ0n) is 8.97. The van der Waals surface area contributed by atoms with Gasteiger partial charge >= 0.3 is 5.97 Å². The first-order valence-corrected chi connectivity index (χ1v) is 5.31. The summed E-state index contributed by atoms with van der Waals surface area (Å²) in [5, 5.41) is 11.7. The third-order valence-electron chi connectivity index (χ3n) is 3.21. The molecule has 2 aliphatic rings. The van der Waals surface area contributed by atoms with Gasteiger partial charge in [-0.25, -0.2) is 0 Å². The van der Waals surface area contributed by atoms with Gasteiger partial charge in [-0.15, -0.1) is 0 Å². The first-order valence-electron chi connectivity index (χ1n) is 5.31. The highest BCUT2D eigenvalue weighted by molar-refractivity contribution is 5.91. The molecular weight excluding hydrogens is 212 g/mol. The van der Waals surface area contributed by atoms with E-state index >= 15 is 0 Å². The average molecular weight is 226 g/mol. The zero-order chi connectivity index (χ0) is 11.9. The molecule has 88 valence electrons. The summed E-state index contributed by atoms with van der Waals surface area (Å²) in [5.41, 5.74) is 0. The van der Waals surface area contributed by atoms with Crippen LogP contribution in [0, 0.1) is 0 Å². The Hall–Kier alpha value is -1.43. The second kappa shape index (κ2) is 3.86. The second-order valence-corrected chi connectivity index (χ2v) is 4.28. The van der Waals surface area contributed by atoms with Crippen LogP contribution in [0.4, 0.5) is 0 Å². The van der Waals surface area contributed by atoms with Gasteiger partial charge in [0.15, 0.2) is 5.78 Å².